The summed E-state index contributed by atoms with van der Waals surface area (Å²) in [6.45, 7) is 3.89. The van der Waals surface area contributed by atoms with E-state index >= 15 is 0 Å². The van der Waals surface area contributed by atoms with Crippen molar-refractivity contribution in [2.24, 2.45) is 0 Å². The molecule has 2 atom stereocenters. The van der Waals surface area contributed by atoms with Crippen molar-refractivity contribution >= 4 is 5.97 Å². The Morgan fingerprint density at radius 3 is 2.37 bits per heavy atom. The van der Waals surface area contributed by atoms with Crippen molar-refractivity contribution in [1.82, 2.24) is 9.55 Å². The molecule has 35 heavy (non-hydrogen) atoms. The molecular weight excluding hydrogens is 460 g/mol. The number of carboxylic acid groups (broad SMARTS) is 1. The minimum absolute atomic E-state index is 0. The summed E-state index contributed by atoms with van der Waals surface area (Å²) in [5, 5.41) is 41.1. The molecular formula is C26H27FN3NaO4. The van der Waals surface area contributed by atoms with Crippen molar-refractivity contribution in [2.45, 2.75) is 57.8 Å². The molecule has 7 nitrogen and oxygen atoms in total. The fraction of sp³-hybridized carbons (Fsp3) is 0.346. The number of aromatic nitrogens is 2. The molecule has 0 saturated heterocycles. The molecule has 0 unspecified atom stereocenters. The van der Waals surface area contributed by atoms with Crippen LogP contribution < -0.4 is 34.7 Å². The van der Waals surface area contributed by atoms with Gasteiger partial charge in [-0.25, -0.2) is 4.39 Å². The summed E-state index contributed by atoms with van der Waals surface area (Å²) >= 11 is 0. The second-order valence-corrected chi connectivity index (χ2v) is 8.50. The average molecular weight is 488 g/mol. The van der Waals surface area contributed by atoms with E-state index in [0.29, 0.717) is 28.9 Å². The van der Waals surface area contributed by atoms with E-state index < -0.39 is 24.6 Å². The Kier molecular flexibility index (Phi) is 10.6. The zero-order valence-corrected chi connectivity index (χ0v) is 22.1. The van der Waals surface area contributed by atoms with E-state index in [0.717, 1.165) is 11.3 Å². The van der Waals surface area contributed by atoms with Crippen LogP contribution in [0.5, 0.6) is 0 Å². The predicted octanol–water partition coefficient (Wildman–Crippen LogP) is -0.00272. The predicted molar refractivity (Wildman–Crippen MR) is 123 cm³/mol. The van der Waals surface area contributed by atoms with E-state index in [1.807, 2.05) is 30.5 Å². The summed E-state index contributed by atoms with van der Waals surface area (Å²) in [4.78, 5) is 15.2. The van der Waals surface area contributed by atoms with Gasteiger partial charge in [-0.15, -0.1) is 0 Å². The topological polar surface area (TPSA) is 122 Å². The Morgan fingerprint density at radius 1 is 1.14 bits per heavy atom. The Bertz CT molecular complexity index is 1170. The molecule has 2 N–H and O–H groups in total. The van der Waals surface area contributed by atoms with Gasteiger partial charge in [-0.05, 0) is 62.9 Å². The van der Waals surface area contributed by atoms with Crippen LogP contribution in [0.1, 0.15) is 50.5 Å². The van der Waals surface area contributed by atoms with E-state index in [1.54, 1.807) is 24.4 Å². The number of nitrogens with zero attached hydrogens (tertiary/aromatic N) is 3. The molecule has 0 fully saturated rings. The van der Waals surface area contributed by atoms with Crippen LogP contribution in [0.25, 0.3) is 22.4 Å². The van der Waals surface area contributed by atoms with Crippen molar-refractivity contribution in [2.75, 3.05) is 0 Å². The van der Waals surface area contributed by atoms with Gasteiger partial charge in [-0.3, -0.25) is 4.98 Å². The number of hydrogen-bond donors (Lipinski definition) is 2. The van der Waals surface area contributed by atoms with Crippen LogP contribution in [0.4, 0.5) is 4.39 Å². The molecule has 0 saturated carbocycles. The van der Waals surface area contributed by atoms with Crippen molar-refractivity contribution < 1.29 is 54.1 Å². The van der Waals surface area contributed by atoms with Gasteiger partial charge in [0.2, 0.25) is 0 Å². The third-order valence-corrected chi connectivity index (χ3v) is 5.64. The molecule has 2 aromatic heterocycles. The SMILES string of the molecule is CC(C)n1c(C#N)c(-c2ccccn2)c(-c2ccc(F)cc2)c1CC[C@@H](O)C[C@@H](O)CC(=O)[O-].[Na+]. The molecule has 0 aliphatic heterocycles. The van der Waals surface area contributed by atoms with Crippen LogP contribution >= 0.6 is 0 Å². The quantitative estimate of drug-likeness (QED) is 0.388. The molecule has 178 valence electrons. The zero-order chi connectivity index (χ0) is 24.8. The minimum atomic E-state index is -1.38. The van der Waals surface area contributed by atoms with Gasteiger partial charge in [-0.2, -0.15) is 5.26 Å². The number of halogens is 1. The minimum Gasteiger partial charge on any atom is -0.550 e. The number of carbonyl (C=O) groups is 1. The summed E-state index contributed by atoms with van der Waals surface area (Å²) in [7, 11) is 0. The van der Waals surface area contributed by atoms with Gasteiger partial charge >= 0.3 is 29.6 Å². The number of carbonyl (C=O) groups excluding carboxylic acids is 1. The van der Waals surface area contributed by atoms with E-state index in [4.69, 9.17) is 0 Å². The van der Waals surface area contributed by atoms with Crippen molar-refractivity contribution in [3.8, 4) is 28.5 Å². The molecule has 0 bridgehead atoms. The fourth-order valence-corrected chi connectivity index (χ4v) is 4.26. The summed E-state index contributed by atoms with van der Waals surface area (Å²) in [6, 6.07) is 13.6. The van der Waals surface area contributed by atoms with Crippen LogP contribution in [-0.4, -0.2) is 37.9 Å². The first-order chi connectivity index (χ1) is 16.2. The summed E-state index contributed by atoms with van der Waals surface area (Å²) in [5.41, 5.74) is 3.85. The Labute approximate surface area is 226 Å². The summed E-state index contributed by atoms with van der Waals surface area (Å²) in [6.07, 6.45) is -0.641. The smallest absolute Gasteiger partial charge is 0.550 e. The molecule has 3 aromatic rings. The van der Waals surface area contributed by atoms with Crippen LogP contribution in [0.15, 0.2) is 48.7 Å². The van der Waals surface area contributed by atoms with Gasteiger partial charge in [0.15, 0.2) is 0 Å². The van der Waals surface area contributed by atoms with Gasteiger partial charge < -0.3 is 24.7 Å². The first-order valence-corrected chi connectivity index (χ1v) is 11.1. The number of benzene rings is 1. The number of aliphatic carboxylic acids is 1. The fourth-order valence-electron chi connectivity index (χ4n) is 4.26. The van der Waals surface area contributed by atoms with Gasteiger partial charge in [0.1, 0.15) is 17.6 Å². The number of rotatable bonds is 10. The summed E-state index contributed by atoms with van der Waals surface area (Å²) < 4.78 is 15.6. The van der Waals surface area contributed by atoms with Crippen LogP contribution in [0, 0.1) is 17.1 Å². The number of aliphatic hydroxyl groups is 2. The molecule has 0 aliphatic carbocycles. The second-order valence-electron chi connectivity index (χ2n) is 8.50. The molecule has 1 aromatic carbocycles. The normalized spacial score (nSPS) is 12.6. The molecule has 0 spiro atoms. The molecule has 2 heterocycles. The van der Waals surface area contributed by atoms with E-state index in [9.17, 15) is 29.8 Å². The third-order valence-electron chi connectivity index (χ3n) is 5.64. The number of carboxylic acids is 1. The maximum Gasteiger partial charge on any atom is 1.00 e. The monoisotopic (exact) mass is 487 g/mol. The van der Waals surface area contributed by atoms with Crippen molar-refractivity contribution in [3.63, 3.8) is 0 Å². The maximum absolute atomic E-state index is 13.7. The van der Waals surface area contributed by atoms with Gasteiger partial charge in [0, 0.05) is 41.4 Å². The average Bonchev–Trinajstić information content (AvgIpc) is 3.12. The standard InChI is InChI=1S/C26H28FN3O4.Na/c1-16(2)30-22(11-10-19(31)13-20(32)14-24(33)34)25(17-6-8-18(27)9-7-17)26(23(30)15-28)21-5-3-4-12-29-21;/h3-9,12,16,19-20,31-32H,10-11,13-14H2,1-2H3,(H,33,34);/q;+1/p-1/t19-,20-;/m1./s1. The van der Waals surface area contributed by atoms with Crippen LogP contribution in [0.2, 0.25) is 0 Å². The second kappa shape index (κ2) is 13.0. The van der Waals surface area contributed by atoms with E-state index in [1.165, 1.54) is 12.1 Å². The number of aliphatic hydroxyl groups excluding tert-OH is 2. The van der Waals surface area contributed by atoms with Gasteiger partial charge in [0.25, 0.3) is 0 Å². The Hall–Kier alpha value is -2.54. The Balaban J connectivity index is 0.00000432. The number of hydrogen-bond acceptors (Lipinski definition) is 6. The molecule has 0 radical (unpaired) electrons. The third kappa shape index (κ3) is 7.00. The van der Waals surface area contributed by atoms with Crippen LogP contribution in [0.3, 0.4) is 0 Å². The molecule has 0 aliphatic rings. The first kappa shape index (κ1) is 28.7. The zero-order valence-electron chi connectivity index (χ0n) is 20.1. The van der Waals surface area contributed by atoms with Crippen LogP contribution in [-0.2, 0) is 11.2 Å². The van der Waals surface area contributed by atoms with Gasteiger partial charge in [-0.1, -0.05) is 18.2 Å². The Morgan fingerprint density at radius 2 is 1.83 bits per heavy atom. The number of nitriles is 1. The van der Waals surface area contributed by atoms with Crippen molar-refractivity contribution in [3.05, 3.63) is 65.9 Å². The first-order valence-electron chi connectivity index (χ1n) is 11.1. The number of pyridine rings is 1. The van der Waals surface area contributed by atoms with Crippen molar-refractivity contribution in [1.29, 1.82) is 5.26 Å². The van der Waals surface area contributed by atoms with E-state index in [2.05, 4.69) is 11.1 Å². The van der Waals surface area contributed by atoms with E-state index in [-0.39, 0.29) is 54.3 Å². The molecule has 0 amide bonds. The molecule has 9 heteroatoms. The maximum atomic E-state index is 13.7. The molecule has 3 rings (SSSR count). The summed E-state index contributed by atoms with van der Waals surface area (Å²) in [5.74, 6) is -1.77. The largest absolute Gasteiger partial charge is 1.00 e. The van der Waals surface area contributed by atoms with Gasteiger partial charge in [0.05, 0.1) is 17.9 Å².